The maximum atomic E-state index is 12.0. The van der Waals surface area contributed by atoms with Crippen molar-refractivity contribution in [2.75, 3.05) is 46.1 Å². The van der Waals surface area contributed by atoms with Crippen LogP contribution in [0, 0.1) is 5.92 Å². The third-order valence-corrected chi connectivity index (χ3v) is 4.99. The van der Waals surface area contributed by atoms with E-state index in [9.17, 15) is 19.2 Å². The zero-order valence-electron chi connectivity index (χ0n) is 20.9. The molecule has 9 nitrogen and oxygen atoms in total. The Hall–Kier alpha value is -2.16. The molecular formula is C24H43NO8. The highest BCUT2D eigenvalue weighted by Gasteiger charge is 2.18. The van der Waals surface area contributed by atoms with E-state index in [1.54, 1.807) is 6.92 Å². The van der Waals surface area contributed by atoms with Crippen LogP contribution in [0.15, 0.2) is 0 Å². The molecule has 9 heteroatoms. The Morgan fingerprint density at radius 1 is 0.697 bits per heavy atom. The van der Waals surface area contributed by atoms with Gasteiger partial charge in [0.2, 0.25) is 0 Å². The minimum absolute atomic E-state index is 0.0139. The minimum Gasteiger partial charge on any atom is -0.465 e. The van der Waals surface area contributed by atoms with E-state index in [4.69, 9.17) is 18.9 Å². The van der Waals surface area contributed by atoms with Crippen LogP contribution in [0.2, 0.25) is 0 Å². The van der Waals surface area contributed by atoms with Gasteiger partial charge in [-0.15, -0.1) is 0 Å². The van der Waals surface area contributed by atoms with E-state index < -0.39 is 12.1 Å². The van der Waals surface area contributed by atoms with Crippen LogP contribution in [0.4, 0.5) is 4.79 Å². The normalized spacial score (nSPS) is 11.7. The molecule has 0 radical (unpaired) electrons. The first-order valence-electron chi connectivity index (χ1n) is 12.1. The minimum atomic E-state index is -0.795. The standard InChI is InChI=1S/C24H43NO8/c1-5-12-22(27)31-17-21(18-32-23(28)14-10-8-9-13-20(4)26)19-33-24(29)30-16-11-15-25(6-2)7-3/h21H,5-19H2,1-4H3. The molecule has 1 unspecified atom stereocenters. The lowest BCUT2D eigenvalue weighted by Gasteiger charge is -2.18. The van der Waals surface area contributed by atoms with Gasteiger partial charge in [0.15, 0.2) is 0 Å². The van der Waals surface area contributed by atoms with Crippen LogP contribution in [-0.2, 0) is 33.3 Å². The molecule has 0 aliphatic heterocycles. The van der Waals surface area contributed by atoms with Gasteiger partial charge in [-0.25, -0.2) is 4.79 Å². The van der Waals surface area contributed by atoms with E-state index in [2.05, 4.69) is 18.7 Å². The van der Waals surface area contributed by atoms with Crippen molar-refractivity contribution in [3.05, 3.63) is 0 Å². The number of esters is 2. The molecule has 0 amide bonds. The van der Waals surface area contributed by atoms with E-state index >= 15 is 0 Å². The van der Waals surface area contributed by atoms with Crippen LogP contribution in [-0.4, -0.2) is 74.8 Å². The topological polar surface area (TPSA) is 108 Å². The largest absolute Gasteiger partial charge is 0.508 e. The predicted molar refractivity (Wildman–Crippen MR) is 124 cm³/mol. The van der Waals surface area contributed by atoms with E-state index in [1.165, 1.54) is 0 Å². The van der Waals surface area contributed by atoms with Gasteiger partial charge in [0.25, 0.3) is 0 Å². The Morgan fingerprint density at radius 3 is 1.85 bits per heavy atom. The van der Waals surface area contributed by atoms with Gasteiger partial charge in [0.05, 0.1) is 12.5 Å². The van der Waals surface area contributed by atoms with Gasteiger partial charge < -0.3 is 28.6 Å². The second kappa shape index (κ2) is 20.4. The predicted octanol–water partition coefficient (Wildman–Crippen LogP) is 3.91. The molecule has 0 saturated carbocycles. The Bertz CT molecular complexity index is 563. The highest BCUT2D eigenvalue weighted by molar-refractivity contribution is 5.75. The van der Waals surface area contributed by atoms with Crippen molar-refractivity contribution < 1.29 is 38.1 Å². The van der Waals surface area contributed by atoms with Crippen LogP contribution in [0.3, 0.4) is 0 Å². The second-order valence-electron chi connectivity index (χ2n) is 8.03. The van der Waals surface area contributed by atoms with Gasteiger partial charge in [-0.2, -0.15) is 0 Å². The molecule has 0 aromatic carbocycles. The SMILES string of the molecule is CCCC(=O)OCC(COC(=O)CCCCCC(C)=O)COC(=O)OCCCN(CC)CC. The van der Waals surface area contributed by atoms with E-state index in [1.807, 2.05) is 6.92 Å². The smallest absolute Gasteiger partial charge is 0.465 e. The monoisotopic (exact) mass is 473 g/mol. The number of ether oxygens (including phenoxy) is 4. The van der Waals surface area contributed by atoms with Crippen molar-refractivity contribution >= 4 is 23.9 Å². The van der Waals surface area contributed by atoms with Crippen LogP contribution in [0.5, 0.6) is 0 Å². The maximum absolute atomic E-state index is 12.0. The zero-order valence-corrected chi connectivity index (χ0v) is 20.9. The number of unbranched alkanes of at least 4 members (excludes halogenated alkanes) is 2. The summed E-state index contributed by atoms with van der Waals surface area (Å²) in [6, 6.07) is 0. The first kappa shape index (κ1) is 30.8. The van der Waals surface area contributed by atoms with E-state index in [-0.39, 0.29) is 50.6 Å². The van der Waals surface area contributed by atoms with Gasteiger partial charge in [0.1, 0.15) is 25.6 Å². The molecule has 0 fully saturated rings. The number of rotatable bonds is 20. The highest BCUT2D eigenvalue weighted by atomic mass is 16.7. The van der Waals surface area contributed by atoms with E-state index in [0.717, 1.165) is 32.5 Å². The average Bonchev–Trinajstić information content (AvgIpc) is 2.78. The summed E-state index contributed by atoms with van der Waals surface area (Å²) < 4.78 is 20.7. The lowest BCUT2D eigenvalue weighted by atomic mass is 10.1. The molecule has 0 rings (SSSR count). The van der Waals surface area contributed by atoms with Gasteiger partial charge in [-0.1, -0.05) is 27.2 Å². The molecule has 0 N–H and O–H groups in total. The first-order chi connectivity index (χ1) is 15.8. The van der Waals surface area contributed by atoms with Crippen molar-refractivity contribution in [1.29, 1.82) is 0 Å². The molecule has 0 aromatic rings. The van der Waals surface area contributed by atoms with Crippen molar-refractivity contribution in [3.8, 4) is 0 Å². The lowest BCUT2D eigenvalue weighted by Crippen LogP contribution is -2.27. The van der Waals surface area contributed by atoms with Crippen LogP contribution >= 0.6 is 0 Å². The van der Waals surface area contributed by atoms with Gasteiger partial charge >= 0.3 is 18.1 Å². The number of Topliss-reactive ketones (excluding diaryl/α,β-unsaturated/α-hetero) is 1. The number of hydrogen-bond acceptors (Lipinski definition) is 9. The third kappa shape index (κ3) is 19.1. The highest BCUT2D eigenvalue weighted by Crippen LogP contribution is 2.08. The molecule has 0 saturated heterocycles. The maximum Gasteiger partial charge on any atom is 0.508 e. The summed E-state index contributed by atoms with van der Waals surface area (Å²) in [4.78, 5) is 48.7. The summed E-state index contributed by atoms with van der Waals surface area (Å²) in [6.07, 6.45) is 3.80. The quantitative estimate of drug-likeness (QED) is 0.148. The number of carbonyl (C=O) groups excluding carboxylic acids is 4. The third-order valence-electron chi connectivity index (χ3n) is 4.99. The van der Waals surface area contributed by atoms with Gasteiger partial charge in [-0.05, 0) is 45.7 Å². The Kier molecular flexibility index (Phi) is 19.1. The van der Waals surface area contributed by atoms with Gasteiger partial charge in [-0.3, -0.25) is 9.59 Å². The van der Waals surface area contributed by atoms with Gasteiger partial charge in [0, 0.05) is 25.8 Å². The van der Waals surface area contributed by atoms with Crippen LogP contribution in [0.25, 0.3) is 0 Å². The molecule has 0 bridgehead atoms. The summed E-state index contributed by atoms with van der Waals surface area (Å²) in [5.41, 5.74) is 0. The number of ketones is 1. The molecule has 0 aliphatic carbocycles. The summed E-state index contributed by atoms with van der Waals surface area (Å²) in [5, 5.41) is 0. The molecule has 0 spiro atoms. The van der Waals surface area contributed by atoms with Crippen LogP contribution in [0.1, 0.15) is 79.1 Å². The molecule has 0 aromatic heterocycles. The summed E-state index contributed by atoms with van der Waals surface area (Å²) in [5.74, 6) is -1.06. The molecule has 33 heavy (non-hydrogen) atoms. The fraction of sp³-hybridized carbons (Fsp3) is 0.833. The van der Waals surface area contributed by atoms with Crippen molar-refractivity contribution in [2.45, 2.75) is 79.1 Å². The van der Waals surface area contributed by atoms with E-state index in [0.29, 0.717) is 32.1 Å². The van der Waals surface area contributed by atoms with Crippen LogP contribution < -0.4 is 0 Å². The lowest BCUT2D eigenvalue weighted by molar-refractivity contribution is -0.150. The Morgan fingerprint density at radius 2 is 1.27 bits per heavy atom. The fourth-order valence-electron chi connectivity index (χ4n) is 2.95. The molecule has 0 aliphatic rings. The Labute approximate surface area is 198 Å². The summed E-state index contributed by atoms with van der Waals surface area (Å²) in [7, 11) is 0. The molecule has 192 valence electrons. The zero-order chi connectivity index (χ0) is 24.9. The Balaban J connectivity index is 4.33. The summed E-state index contributed by atoms with van der Waals surface area (Å²) >= 11 is 0. The van der Waals surface area contributed by atoms with Crippen molar-refractivity contribution in [2.24, 2.45) is 5.92 Å². The molecule has 1 atom stereocenters. The average molecular weight is 474 g/mol. The first-order valence-corrected chi connectivity index (χ1v) is 12.1. The van der Waals surface area contributed by atoms with Crippen molar-refractivity contribution in [1.82, 2.24) is 4.90 Å². The molecule has 0 heterocycles. The fourth-order valence-corrected chi connectivity index (χ4v) is 2.95. The second-order valence-corrected chi connectivity index (χ2v) is 8.03. The number of nitrogens with zero attached hydrogens (tertiary/aromatic N) is 1. The van der Waals surface area contributed by atoms with Crippen molar-refractivity contribution in [3.63, 3.8) is 0 Å². The number of carbonyl (C=O) groups is 4. The number of hydrogen-bond donors (Lipinski definition) is 0. The summed E-state index contributed by atoms with van der Waals surface area (Å²) in [6.45, 7) is 10.4. The molecular weight excluding hydrogens is 430 g/mol.